The van der Waals surface area contributed by atoms with Crippen molar-refractivity contribution < 1.29 is 14.3 Å². The minimum absolute atomic E-state index is 0.0566. The third-order valence-corrected chi connectivity index (χ3v) is 6.23. The maximum Gasteiger partial charge on any atom is 0.267 e. The van der Waals surface area contributed by atoms with Crippen LogP contribution in [-0.4, -0.2) is 59.7 Å². The summed E-state index contributed by atoms with van der Waals surface area (Å²) < 4.78 is 11.5. The Hall–Kier alpha value is -2.22. The van der Waals surface area contributed by atoms with Gasteiger partial charge in [-0.3, -0.25) is 4.79 Å². The number of halogens is 2. The van der Waals surface area contributed by atoms with Gasteiger partial charge in [-0.15, -0.1) is 0 Å². The lowest BCUT2D eigenvalue weighted by molar-refractivity contribution is -0.142. The number of nitrogens with zero attached hydrogens (tertiary/aromatic N) is 2. The molecule has 2 aliphatic rings. The second-order valence-corrected chi connectivity index (χ2v) is 8.28. The van der Waals surface area contributed by atoms with Gasteiger partial charge in [0.25, 0.3) is 5.91 Å². The fourth-order valence-electron chi connectivity index (χ4n) is 3.41. The van der Waals surface area contributed by atoms with Crippen LogP contribution in [0.5, 0.6) is 11.5 Å². The molecule has 1 atom stereocenters. The monoisotopic (exact) mass is 465 g/mol. The van der Waals surface area contributed by atoms with Gasteiger partial charge in [0.05, 0.1) is 10.0 Å². The standard InChI is InChI=1S/C21H21Cl2N3O3S/c22-15-6-5-14(11-16(15)23)12-24-21(30)26-9-7-25(8-10-26)20(27)19-13-28-17-3-1-2-4-18(17)29-19/h1-6,11,19H,7-10,12-13H2,(H,24,30). The zero-order chi connectivity index (χ0) is 21.1. The largest absolute Gasteiger partial charge is 0.485 e. The van der Waals surface area contributed by atoms with Crippen molar-refractivity contribution in [3.8, 4) is 11.5 Å². The van der Waals surface area contributed by atoms with Gasteiger partial charge in [0, 0.05) is 32.7 Å². The van der Waals surface area contributed by atoms with E-state index < -0.39 is 6.10 Å². The molecule has 2 aromatic carbocycles. The molecular formula is C21H21Cl2N3O3S. The van der Waals surface area contributed by atoms with Crippen LogP contribution in [0.15, 0.2) is 42.5 Å². The summed E-state index contributed by atoms with van der Waals surface area (Å²) in [6, 6.07) is 12.9. The highest BCUT2D eigenvalue weighted by Crippen LogP contribution is 2.31. The Morgan fingerprint density at radius 1 is 1.03 bits per heavy atom. The molecule has 0 radical (unpaired) electrons. The van der Waals surface area contributed by atoms with E-state index in [1.807, 2.05) is 36.4 Å². The smallest absolute Gasteiger partial charge is 0.267 e. The second-order valence-electron chi connectivity index (χ2n) is 7.08. The minimum Gasteiger partial charge on any atom is -0.485 e. The van der Waals surface area contributed by atoms with E-state index in [4.69, 9.17) is 44.9 Å². The summed E-state index contributed by atoms with van der Waals surface area (Å²) in [5.74, 6) is 1.22. The van der Waals surface area contributed by atoms with Crippen LogP contribution < -0.4 is 14.8 Å². The number of benzene rings is 2. The number of hydrogen-bond acceptors (Lipinski definition) is 4. The van der Waals surface area contributed by atoms with E-state index in [0.717, 1.165) is 5.56 Å². The van der Waals surface area contributed by atoms with Crippen molar-refractivity contribution in [1.29, 1.82) is 0 Å². The molecule has 0 aliphatic carbocycles. The maximum absolute atomic E-state index is 12.8. The van der Waals surface area contributed by atoms with Gasteiger partial charge in [-0.05, 0) is 42.0 Å². The van der Waals surface area contributed by atoms with Crippen LogP contribution in [0.25, 0.3) is 0 Å². The first-order chi connectivity index (χ1) is 14.5. The first-order valence-corrected chi connectivity index (χ1v) is 10.8. The Morgan fingerprint density at radius 3 is 2.47 bits per heavy atom. The number of hydrogen-bond donors (Lipinski definition) is 1. The topological polar surface area (TPSA) is 54.0 Å². The molecule has 0 saturated carbocycles. The van der Waals surface area contributed by atoms with E-state index in [1.54, 1.807) is 11.0 Å². The number of fused-ring (bicyclic) bond motifs is 1. The van der Waals surface area contributed by atoms with Crippen LogP contribution >= 0.6 is 35.4 Å². The Bertz CT molecular complexity index is 951. The zero-order valence-corrected chi connectivity index (χ0v) is 18.5. The lowest BCUT2D eigenvalue weighted by atomic mass is 10.2. The molecule has 2 heterocycles. The van der Waals surface area contributed by atoms with Gasteiger partial charge in [0.1, 0.15) is 6.61 Å². The highest BCUT2D eigenvalue weighted by Gasteiger charge is 2.33. The molecule has 1 saturated heterocycles. The summed E-state index contributed by atoms with van der Waals surface area (Å²) in [5, 5.41) is 4.94. The van der Waals surface area contributed by atoms with Gasteiger partial charge in [-0.25, -0.2) is 0 Å². The van der Waals surface area contributed by atoms with Crippen molar-refractivity contribution in [2.75, 3.05) is 32.8 Å². The zero-order valence-electron chi connectivity index (χ0n) is 16.1. The molecule has 4 rings (SSSR count). The summed E-state index contributed by atoms with van der Waals surface area (Å²) in [7, 11) is 0. The van der Waals surface area contributed by atoms with Crippen LogP contribution in [-0.2, 0) is 11.3 Å². The molecule has 9 heteroatoms. The highest BCUT2D eigenvalue weighted by molar-refractivity contribution is 7.80. The van der Waals surface area contributed by atoms with E-state index in [1.165, 1.54) is 0 Å². The molecule has 1 amide bonds. The molecule has 6 nitrogen and oxygen atoms in total. The number of rotatable bonds is 3. The summed E-state index contributed by atoms with van der Waals surface area (Å²) in [6.07, 6.45) is -0.619. The molecule has 30 heavy (non-hydrogen) atoms. The van der Waals surface area contributed by atoms with Crippen molar-refractivity contribution in [2.24, 2.45) is 0 Å². The van der Waals surface area contributed by atoms with Gasteiger partial charge >= 0.3 is 0 Å². The first kappa shape index (κ1) is 21.0. The van der Waals surface area contributed by atoms with Gasteiger partial charge in [0.2, 0.25) is 6.10 Å². The molecule has 2 aliphatic heterocycles. The van der Waals surface area contributed by atoms with Crippen molar-refractivity contribution in [1.82, 2.24) is 15.1 Å². The third kappa shape index (κ3) is 4.74. The number of ether oxygens (including phenoxy) is 2. The third-order valence-electron chi connectivity index (χ3n) is 5.09. The molecule has 1 N–H and O–H groups in total. The fourth-order valence-corrected chi connectivity index (χ4v) is 3.99. The average molecular weight is 466 g/mol. The number of carbonyl (C=O) groups is 1. The Kier molecular flexibility index (Phi) is 6.51. The second kappa shape index (κ2) is 9.29. The summed E-state index contributed by atoms with van der Waals surface area (Å²) in [6.45, 7) is 3.25. The van der Waals surface area contributed by atoms with Crippen molar-refractivity contribution in [3.05, 3.63) is 58.1 Å². The predicted molar refractivity (Wildman–Crippen MR) is 120 cm³/mol. The van der Waals surface area contributed by atoms with E-state index >= 15 is 0 Å². The minimum atomic E-state index is -0.619. The normalized spacial score (nSPS) is 18.1. The number of para-hydroxylation sites is 2. The number of amides is 1. The summed E-state index contributed by atoms with van der Waals surface area (Å²) >= 11 is 17.5. The number of thiocarbonyl (C=S) groups is 1. The molecular weight excluding hydrogens is 445 g/mol. The first-order valence-electron chi connectivity index (χ1n) is 9.65. The van der Waals surface area contributed by atoms with Crippen molar-refractivity contribution in [2.45, 2.75) is 12.6 Å². The number of nitrogens with one attached hydrogen (secondary N) is 1. The van der Waals surface area contributed by atoms with Crippen LogP contribution in [0.1, 0.15) is 5.56 Å². The van der Waals surface area contributed by atoms with Crippen molar-refractivity contribution >= 4 is 46.4 Å². The Balaban J connectivity index is 1.25. The van der Waals surface area contributed by atoms with Gasteiger partial charge in [-0.2, -0.15) is 0 Å². The lowest BCUT2D eigenvalue weighted by Gasteiger charge is -2.38. The van der Waals surface area contributed by atoms with Gasteiger partial charge in [0.15, 0.2) is 16.6 Å². The Morgan fingerprint density at radius 2 is 1.73 bits per heavy atom. The Labute approximate surface area is 190 Å². The summed E-state index contributed by atoms with van der Waals surface area (Å²) in [4.78, 5) is 16.7. The number of carbonyl (C=O) groups excluding carboxylic acids is 1. The van der Waals surface area contributed by atoms with E-state index in [9.17, 15) is 4.79 Å². The molecule has 0 bridgehead atoms. The highest BCUT2D eigenvalue weighted by atomic mass is 35.5. The van der Waals surface area contributed by atoms with Gasteiger partial charge < -0.3 is 24.6 Å². The van der Waals surface area contributed by atoms with E-state index in [2.05, 4.69) is 10.2 Å². The van der Waals surface area contributed by atoms with E-state index in [0.29, 0.717) is 59.4 Å². The van der Waals surface area contributed by atoms with Crippen LogP contribution in [0, 0.1) is 0 Å². The molecule has 158 valence electrons. The lowest BCUT2D eigenvalue weighted by Crippen LogP contribution is -2.56. The van der Waals surface area contributed by atoms with Crippen LogP contribution in [0.3, 0.4) is 0 Å². The maximum atomic E-state index is 12.8. The quantitative estimate of drug-likeness (QED) is 0.701. The predicted octanol–water partition coefficient (Wildman–Crippen LogP) is 3.35. The van der Waals surface area contributed by atoms with Crippen molar-refractivity contribution in [3.63, 3.8) is 0 Å². The molecule has 1 unspecified atom stereocenters. The van der Waals surface area contributed by atoms with E-state index in [-0.39, 0.29) is 12.5 Å². The SMILES string of the molecule is O=C(C1COc2ccccc2O1)N1CCN(C(=S)NCc2ccc(Cl)c(Cl)c2)CC1. The molecule has 0 aromatic heterocycles. The average Bonchev–Trinajstić information content (AvgIpc) is 2.79. The van der Waals surface area contributed by atoms with Gasteiger partial charge in [-0.1, -0.05) is 41.4 Å². The molecule has 2 aromatic rings. The molecule has 0 spiro atoms. The van der Waals surface area contributed by atoms with Crippen LogP contribution in [0.4, 0.5) is 0 Å². The summed E-state index contributed by atoms with van der Waals surface area (Å²) in [5.41, 5.74) is 0.996. The number of piperazine rings is 1. The fraction of sp³-hybridized carbons (Fsp3) is 0.333. The molecule has 1 fully saturated rings. The van der Waals surface area contributed by atoms with Crippen LogP contribution in [0.2, 0.25) is 10.0 Å².